The van der Waals surface area contributed by atoms with Crippen LogP contribution in [0.4, 0.5) is 0 Å². The van der Waals surface area contributed by atoms with E-state index in [1.54, 1.807) is 0 Å². The molecule has 0 amide bonds. The van der Waals surface area contributed by atoms with Gasteiger partial charge in [-0.05, 0) is 25.7 Å². The smallest absolute Gasteiger partial charge is 0.267 e. The highest BCUT2D eigenvalue weighted by atomic mass is 32.2. The minimum Gasteiger partial charge on any atom is -0.393 e. The Bertz CT molecular complexity index is 409. The summed E-state index contributed by atoms with van der Waals surface area (Å²) >= 11 is 0. The van der Waals surface area contributed by atoms with Crippen LogP contribution >= 0.6 is 0 Å². The molecular weight excluding hydrogens is 360 g/mol. The summed E-state index contributed by atoms with van der Waals surface area (Å²) in [6.45, 7) is 4.12. The lowest BCUT2D eigenvalue weighted by molar-refractivity contribution is 0.148. The van der Waals surface area contributed by atoms with Crippen molar-refractivity contribution in [3.63, 3.8) is 0 Å². The molecule has 0 heterocycles. The molecule has 0 aliphatic heterocycles. The van der Waals surface area contributed by atoms with E-state index in [1.165, 1.54) is 57.8 Å². The van der Waals surface area contributed by atoms with E-state index in [-0.39, 0.29) is 6.10 Å². The lowest BCUT2D eigenvalue weighted by Crippen LogP contribution is -2.20. The Kier molecular flexibility index (Phi) is 17.8. The highest BCUT2D eigenvalue weighted by Crippen LogP contribution is 2.18. The van der Waals surface area contributed by atoms with Crippen LogP contribution in [0.3, 0.4) is 0 Å². The summed E-state index contributed by atoms with van der Waals surface area (Å²) in [7, 11) is -3.86. The molecule has 0 spiro atoms. The van der Waals surface area contributed by atoms with Crippen LogP contribution in [0.1, 0.15) is 129 Å². The second kappa shape index (κ2) is 17.9. The number of aliphatic hydroxyl groups is 1. The average molecular weight is 407 g/mol. The summed E-state index contributed by atoms with van der Waals surface area (Å²) in [5, 5.41) is 9.24. The first-order chi connectivity index (χ1) is 12.9. The van der Waals surface area contributed by atoms with Crippen molar-refractivity contribution in [2.45, 2.75) is 141 Å². The van der Waals surface area contributed by atoms with Crippen molar-refractivity contribution >= 4 is 10.1 Å². The maximum Gasteiger partial charge on any atom is 0.267 e. The second-order valence-corrected chi connectivity index (χ2v) is 9.88. The fraction of sp³-hybridized carbons (Fsp3) is 1.00. The summed E-state index contributed by atoms with van der Waals surface area (Å²) < 4.78 is 31.8. The van der Waals surface area contributed by atoms with Gasteiger partial charge in [0.15, 0.2) is 0 Å². The first-order valence-electron chi connectivity index (χ1n) is 11.6. The Morgan fingerprint density at radius 2 is 1.00 bits per heavy atom. The number of hydrogen-bond acceptors (Lipinski definition) is 3. The molecule has 0 aliphatic rings. The van der Waals surface area contributed by atoms with Crippen molar-refractivity contribution in [3.8, 4) is 0 Å². The van der Waals surface area contributed by atoms with Crippen LogP contribution in [-0.2, 0) is 10.1 Å². The molecule has 4 nitrogen and oxygen atoms in total. The Morgan fingerprint density at radius 1 is 0.593 bits per heavy atom. The van der Waals surface area contributed by atoms with Crippen LogP contribution in [0.25, 0.3) is 0 Å². The van der Waals surface area contributed by atoms with Gasteiger partial charge in [0.25, 0.3) is 10.1 Å². The lowest BCUT2D eigenvalue weighted by Gasteiger charge is -2.12. The number of hydrogen-bond donors (Lipinski definition) is 2. The molecule has 164 valence electrons. The molecule has 2 atom stereocenters. The SMILES string of the molecule is CCCCC(O)CCCCCCCCCCCCCC(CCC)S(=O)(=O)O. The van der Waals surface area contributed by atoms with Gasteiger partial charge in [-0.2, -0.15) is 8.42 Å². The van der Waals surface area contributed by atoms with Gasteiger partial charge in [0.1, 0.15) is 0 Å². The normalized spacial score (nSPS) is 14.4. The molecule has 0 bridgehead atoms. The third-order valence-electron chi connectivity index (χ3n) is 5.49. The first kappa shape index (κ1) is 26.9. The van der Waals surface area contributed by atoms with Gasteiger partial charge in [-0.1, -0.05) is 104 Å². The maximum atomic E-state index is 11.3. The zero-order valence-corrected chi connectivity index (χ0v) is 18.8. The second-order valence-electron chi connectivity index (χ2n) is 8.19. The quantitative estimate of drug-likeness (QED) is 0.175. The van der Waals surface area contributed by atoms with Crippen molar-refractivity contribution < 1.29 is 18.1 Å². The van der Waals surface area contributed by atoms with Crippen LogP contribution in [0.15, 0.2) is 0 Å². The van der Waals surface area contributed by atoms with Gasteiger partial charge in [0.2, 0.25) is 0 Å². The van der Waals surface area contributed by atoms with Gasteiger partial charge < -0.3 is 5.11 Å². The molecular formula is C22H46O4S. The first-order valence-corrected chi connectivity index (χ1v) is 13.1. The van der Waals surface area contributed by atoms with Crippen molar-refractivity contribution in [1.29, 1.82) is 0 Å². The average Bonchev–Trinajstić information content (AvgIpc) is 2.61. The molecule has 0 aromatic heterocycles. The van der Waals surface area contributed by atoms with Crippen LogP contribution in [0.2, 0.25) is 0 Å². The maximum absolute atomic E-state index is 11.3. The third kappa shape index (κ3) is 17.7. The zero-order chi connectivity index (χ0) is 20.4. The van der Waals surface area contributed by atoms with Gasteiger partial charge in [0.05, 0.1) is 11.4 Å². The van der Waals surface area contributed by atoms with E-state index in [4.69, 9.17) is 0 Å². The standard InChI is InChI=1S/C22H46O4S/c1-3-5-18-21(23)19-15-13-11-9-7-6-8-10-12-14-16-20-22(17-4-2)27(24,25)26/h21-23H,3-20H2,1-2H3,(H,24,25,26). The molecule has 0 rings (SSSR count). The van der Waals surface area contributed by atoms with Gasteiger partial charge in [0, 0.05) is 0 Å². The number of rotatable bonds is 20. The van der Waals surface area contributed by atoms with Crippen LogP contribution in [0.5, 0.6) is 0 Å². The van der Waals surface area contributed by atoms with Gasteiger partial charge >= 0.3 is 0 Å². The summed E-state index contributed by atoms with van der Waals surface area (Å²) in [4.78, 5) is 0. The molecule has 0 aromatic rings. The Labute approximate surface area is 169 Å². The number of unbranched alkanes of at least 4 members (excludes halogenated alkanes) is 11. The topological polar surface area (TPSA) is 74.6 Å². The van der Waals surface area contributed by atoms with Crippen molar-refractivity contribution in [2.24, 2.45) is 0 Å². The summed E-state index contributed by atoms with van der Waals surface area (Å²) in [5.41, 5.74) is 0. The largest absolute Gasteiger partial charge is 0.393 e. The van der Waals surface area contributed by atoms with E-state index >= 15 is 0 Å². The van der Waals surface area contributed by atoms with E-state index in [9.17, 15) is 18.1 Å². The molecule has 0 aliphatic carbocycles. The predicted molar refractivity (Wildman–Crippen MR) is 116 cm³/mol. The van der Waals surface area contributed by atoms with E-state index in [2.05, 4.69) is 6.92 Å². The molecule has 0 aromatic carbocycles. The minimum absolute atomic E-state index is 0.0836. The minimum atomic E-state index is -3.86. The summed E-state index contributed by atoms with van der Waals surface area (Å²) in [6.07, 6.45) is 19.3. The molecule has 0 saturated heterocycles. The molecule has 0 radical (unpaired) electrons. The molecule has 27 heavy (non-hydrogen) atoms. The lowest BCUT2D eigenvalue weighted by atomic mass is 10.0. The Balaban J connectivity index is 3.36. The van der Waals surface area contributed by atoms with Gasteiger partial charge in [-0.15, -0.1) is 0 Å². The Morgan fingerprint density at radius 3 is 1.41 bits per heavy atom. The number of aliphatic hydroxyl groups excluding tert-OH is 1. The summed E-state index contributed by atoms with van der Waals surface area (Å²) in [5.74, 6) is 0. The van der Waals surface area contributed by atoms with Crippen molar-refractivity contribution in [2.75, 3.05) is 0 Å². The van der Waals surface area contributed by atoms with E-state index in [0.29, 0.717) is 12.8 Å². The fourth-order valence-electron chi connectivity index (χ4n) is 3.69. The van der Waals surface area contributed by atoms with Crippen LogP contribution in [-0.4, -0.2) is 29.4 Å². The van der Waals surface area contributed by atoms with Crippen LogP contribution < -0.4 is 0 Å². The molecule has 5 heteroatoms. The Hall–Kier alpha value is -0.130. The molecule has 0 saturated carbocycles. The molecule has 2 N–H and O–H groups in total. The monoisotopic (exact) mass is 406 g/mol. The van der Waals surface area contributed by atoms with Gasteiger partial charge in [-0.3, -0.25) is 4.55 Å². The van der Waals surface area contributed by atoms with Gasteiger partial charge in [-0.25, -0.2) is 0 Å². The molecule has 0 fully saturated rings. The predicted octanol–water partition coefficient (Wildman–Crippen LogP) is 6.67. The van der Waals surface area contributed by atoms with Crippen molar-refractivity contribution in [3.05, 3.63) is 0 Å². The van der Waals surface area contributed by atoms with E-state index < -0.39 is 15.4 Å². The highest BCUT2D eigenvalue weighted by molar-refractivity contribution is 7.86. The summed E-state index contributed by atoms with van der Waals surface area (Å²) in [6, 6.07) is 0. The van der Waals surface area contributed by atoms with Crippen LogP contribution in [0, 0.1) is 0 Å². The molecule has 2 unspecified atom stereocenters. The zero-order valence-electron chi connectivity index (χ0n) is 18.0. The van der Waals surface area contributed by atoms with Crippen molar-refractivity contribution in [1.82, 2.24) is 0 Å². The third-order valence-corrected chi connectivity index (χ3v) is 6.80. The van der Waals surface area contributed by atoms with E-state index in [0.717, 1.165) is 44.9 Å². The highest BCUT2D eigenvalue weighted by Gasteiger charge is 2.20. The fourth-order valence-corrected chi connectivity index (χ4v) is 4.69. The van der Waals surface area contributed by atoms with E-state index in [1.807, 2.05) is 6.92 Å².